The molecule has 0 bridgehead atoms. The fourth-order valence-electron chi connectivity index (χ4n) is 10.2. The van der Waals surface area contributed by atoms with Crippen molar-refractivity contribution in [1.29, 1.82) is 0 Å². The van der Waals surface area contributed by atoms with Gasteiger partial charge in [-0.1, -0.05) is 211 Å². The van der Waals surface area contributed by atoms with Crippen LogP contribution in [0.25, 0.3) is 43.7 Å². The molecular formula is C64H54N2. The van der Waals surface area contributed by atoms with Crippen LogP contribution in [-0.2, 0) is 12.5 Å². The van der Waals surface area contributed by atoms with Crippen LogP contribution in [0.3, 0.4) is 0 Å². The summed E-state index contributed by atoms with van der Waals surface area (Å²) in [7, 11) is 2.18. The number of rotatable bonds is 5. The summed E-state index contributed by atoms with van der Waals surface area (Å²) in [6.45, 7) is 8.54. The van der Waals surface area contributed by atoms with E-state index in [1.54, 1.807) is 0 Å². The van der Waals surface area contributed by atoms with Crippen molar-refractivity contribution in [3.8, 4) is 11.1 Å². The molecule has 1 aliphatic carbocycles. The Hall–Kier alpha value is -7.94. The molecule has 12 rings (SSSR count). The monoisotopic (exact) mass is 850 g/mol. The minimum atomic E-state index is -0.522. The molecular weight excluding hydrogens is 797 g/mol. The highest BCUT2D eigenvalue weighted by atomic mass is 15.1. The van der Waals surface area contributed by atoms with Gasteiger partial charge in [0.15, 0.2) is 0 Å². The van der Waals surface area contributed by atoms with Crippen LogP contribution in [0.15, 0.2) is 237 Å². The summed E-state index contributed by atoms with van der Waals surface area (Å²) >= 11 is 0. The SMILES string of the molecule is Cc1ccc2c(c1)C(c1ccccc1)(c1ccccc1)c1cc(N(c3ccccc3)c3cccc4c3c3ccccc3n4C)c3ccccc3c1-2.Cc1ccccc1.Cc1ccccc1C. The van der Waals surface area contributed by atoms with E-state index in [0.29, 0.717) is 0 Å². The van der Waals surface area contributed by atoms with Crippen LogP contribution in [-0.4, -0.2) is 4.57 Å². The fraction of sp³-hybridized carbons (Fsp3) is 0.0938. The van der Waals surface area contributed by atoms with Crippen LogP contribution >= 0.6 is 0 Å². The van der Waals surface area contributed by atoms with Crippen molar-refractivity contribution in [2.45, 2.75) is 33.1 Å². The Morgan fingerprint density at radius 1 is 0.379 bits per heavy atom. The molecule has 0 saturated heterocycles. The molecule has 0 aliphatic heterocycles. The number of benzene rings is 10. The fourth-order valence-corrected chi connectivity index (χ4v) is 10.2. The number of aryl methyl sites for hydroxylation is 5. The Morgan fingerprint density at radius 3 is 1.48 bits per heavy atom. The van der Waals surface area contributed by atoms with Gasteiger partial charge in [-0.3, -0.25) is 0 Å². The highest BCUT2D eigenvalue weighted by molar-refractivity contribution is 6.18. The summed E-state index contributed by atoms with van der Waals surface area (Å²) in [5.41, 5.74) is 18.5. The third-order valence-corrected chi connectivity index (χ3v) is 13.5. The normalized spacial score (nSPS) is 12.1. The first-order chi connectivity index (χ1) is 32.4. The zero-order chi connectivity index (χ0) is 45.2. The van der Waals surface area contributed by atoms with Gasteiger partial charge >= 0.3 is 0 Å². The van der Waals surface area contributed by atoms with Crippen molar-refractivity contribution >= 4 is 49.6 Å². The van der Waals surface area contributed by atoms with Gasteiger partial charge in [0.1, 0.15) is 0 Å². The van der Waals surface area contributed by atoms with Gasteiger partial charge in [0.05, 0.1) is 22.3 Å². The summed E-state index contributed by atoms with van der Waals surface area (Å²) in [5.74, 6) is 0. The topological polar surface area (TPSA) is 8.17 Å². The predicted octanol–water partition coefficient (Wildman–Crippen LogP) is 16.9. The Bertz CT molecular complexity index is 3400. The van der Waals surface area contributed by atoms with E-state index >= 15 is 0 Å². The van der Waals surface area contributed by atoms with Crippen molar-refractivity contribution in [3.05, 3.63) is 281 Å². The first-order valence-electron chi connectivity index (χ1n) is 23.0. The zero-order valence-electron chi connectivity index (χ0n) is 38.4. The van der Waals surface area contributed by atoms with Gasteiger partial charge in [0, 0.05) is 34.4 Å². The minimum absolute atomic E-state index is 0.522. The van der Waals surface area contributed by atoms with Crippen LogP contribution in [0.5, 0.6) is 0 Å². The Kier molecular flexibility index (Phi) is 11.4. The Morgan fingerprint density at radius 2 is 0.894 bits per heavy atom. The van der Waals surface area contributed by atoms with Gasteiger partial charge < -0.3 is 9.47 Å². The third kappa shape index (κ3) is 7.35. The lowest BCUT2D eigenvalue weighted by molar-refractivity contribution is 0.768. The summed E-state index contributed by atoms with van der Waals surface area (Å²) in [6, 6.07) is 85.9. The van der Waals surface area contributed by atoms with Crippen molar-refractivity contribution in [3.63, 3.8) is 0 Å². The number of anilines is 3. The van der Waals surface area contributed by atoms with E-state index in [4.69, 9.17) is 0 Å². The second-order valence-electron chi connectivity index (χ2n) is 17.6. The van der Waals surface area contributed by atoms with Gasteiger partial charge in [-0.15, -0.1) is 0 Å². The van der Waals surface area contributed by atoms with E-state index in [1.807, 2.05) is 18.2 Å². The molecule has 66 heavy (non-hydrogen) atoms. The summed E-state index contributed by atoms with van der Waals surface area (Å²) in [4.78, 5) is 2.51. The lowest BCUT2D eigenvalue weighted by Gasteiger charge is -2.35. The van der Waals surface area contributed by atoms with Crippen molar-refractivity contribution in [2.24, 2.45) is 7.05 Å². The molecule has 10 aromatic carbocycles. The molecule has 0 spiro atoms. The number of para-hydroxylation sites is 2. The van der Waals surface area contributed by atoms with Crippen LogP contribution in [0.2, 0.25) is 0 Å². The maximum absolute atomic E-state index is 2.52. The maximum atomic E-state index is 2.52. The van der Waals surface area contributed by atoms with Gasteiger partial charge in [-0.25, -0.2) is 0 Å². The maximum Gasteiger partial charge on any atom is 0.0714 e. The van der Waals surface area contributed by atoms with Gasteiger partial charge in [-0.05, 0) is 114 Å². The highest BCUT2D eigenvalue weighted by Gasteiger charge is 2.47. The lowest BCUT2D eigenvalue weighted by atomic mass is 9.67. The average Bonchev–Trinajstić information content (AvgIpc) is 3.83. The highest BCUT2D eigenvalue weighted by Crippen LogP contribution is 2.60. The standard InChI is InChI=1S/C49H36N2.C8H10.C7H8/c1-33-29-30-39-41(31-33)49(34-17-6-3-7-18-34,35-19-8-4-9-20-35)42-32-46(37-23-12-13-24-38(37)47(39)42)51(36-21-10-5-11-22-36)45-28-16-27-44-48(45)40-25-14-15-26-43(40)50(44)2;1-7-5-3-4-6-8(7)2;1-7-5-3-2-4-6-7/h3-32H,1-2H3;3-6H,1-2H3;2-6H,1H3. The number of hydrogen-bond acceptors (Lipinski definition) is 1. The smallest absolute Gasteiger partial charge is 0.0714 e. The van der Waals surface area contributed by atoms with E-state index in [9.17, 15) is 0 Å². The summed E-state index contributed by atoms with van der Waals surface area (Å²) in [6.07, 6.45) is 0. The number of nitrogens with zero attached hydrogens (tertiary/aromatic N) is 2. The van der Waals surface area contributed by atoms with Gasteiger partial charge in [-0.2, -0.15) is 0 Å². The predicted molar refractivity (Wildman–Crippen MR) is 282 cm³/mol. The quantitative estimate of drug-likeness (QED) is 0.167. The van der Waals surface area contributed by atoms with Crippen molar-refractivity contribution in [2.75, 3.05) is 4.90 Å². The first kappa shape index (κ1) is 42.0. The first-order valence-corrected chi connectivity index (χ1v) is 23.0. The summed E-state index contributed by atoms with van der Waals surface area (Å²) in [5, 5.41) is 4.98. The third-order valence-electron chi connectivity index (χ3n) is 13.5. The van der Waals surface area contributed by atoms with Crippen molar-refractivity contribution in [1.82, 2.24) is 4.57 Å². The second-order valence-corrected chi connectivity index (χ2v) is 17.6. The average molecular weight is 851 g/mol. The zero-order valence-corrected chi connectivity index (χ0v) is 38.4. The molecule has 320 valence electrons. The molecule has 0 amide bonds. The van der Waals surface area contributed by atoms with Crippen LogP contribution < -0.4 is 4.90 Å². The molecule has 0 saturated carbocycles. The van der Waals surface area contributed by atoms with Gasteiger partial charge in [0.25, 0.3) is 0 Å². The molecule has 0 unspecified atom stereocenters. The molecule has 1 aliphatic rings. The number of aromatic nitrogens is 1. The molecule has 2 nitrogen and oxygen atoms in total. The molecule has 11 aromatic rings. The number of fused-ring (bicyclic) bond motifs is 8. The van der Waals surface area contributed by atoms with E-state index in [0.717, 1.165) is 17.1 Å². The molecule has 0 N–H and O–H groups in total. The lowest BCUT2D eigenvalue weighted by Crippen LogP contribution is -2.29. The molecule has 0 atom stereocenters. The van der Waals surface area contributed by atoms with Crippen LogP contribution in [0, 0.1) is 27.7 Å². The largest absolute Gasteiger partial charge is 0.344 e. The molecule has 1 aromatic heterocycles. The van der Waals surface area contributed by atoms with E-state index in [1.165, 1.54) is 88.2 Å². The van der Waals surface area contributed by atoms with Crippen molar-refractivity contribution < 1.29 is 0 Å². The number of hydrogen-bond donors (Lipinski definition) is 0. The van der Waals surface area contributed by atoms with E-state index < -0.39 is 5.41 Å². The van der Waals surface area contributed by atoms with E-state index in [2.05, 4.69) is 263 Å². The van der Waals surface area contributed by atoms with Crippen LogP contribution in [0.1, 0.15) is 44.5 Å². The molecule has 0 radical (unpaired) electrons. The molecule has 1 heterocycles. The Balaban J connectivity index is 0.000000290. The molecule has 0 fully saturated rings. The summed E-state index contributed by atoms with van der Waals surface area (Å²) < 4.78 is 2.33. The molecule has 2 heteroatoms. The van der Waals surface area contributed by atoms with Crippen LogP contribution in [0.4, 0.5) is 17.1 Å². The second kappa shape index (κ2) is 17.9. The van der Waals surface area contributed by atoms with E-state index in [-0.39, 0.29) is 0 Å². The minimum Gasteiger partial charge on any atom is -0.344 e. The Labute approximate surface area is 389 Å². The van der Waals surface area contributed by atoms with Gasteiger partial charge in [0.2, 0.25) is 0 Å².